The van der Waals surface area contributed by atoms with E-state index in [1.165, 1.54) is 0 Å². The van der Waals surface area contributed by atoms with Gasteiger partial charge in [-0.15, -0.1) is 0 Å². The maximum Gasteiger partial charge on any atom is 0.216 e. The van der Waals surface area contributed by atoms with Crippen LogP contribution in [0.2, 0.25) is 0 Å². The molecular formula is C14H18N2O3S. The lowest BCUT2D eigenvalue weighted by Crippen LogP contribution is -2.50. The first-order valence-electron chi connectivity index (χ1n) is 6.47. The normalized spacial score (nSPS) is 26.4. The maximum absolute atomic E-state index is 12.3. The molecule has 1 aromatic carbocycles. The minimum absolute atomic E-state index is 0.163. The van der Waals surface area contributed by atoms with Crippen LogP contribution in [0.25, 0.3) is 0 Å². The van der Waals surface area contributed by atoms with Gasteiger partial charge in [-0.25, -0.2) is 13.1 Å². The van der Waals surface area contributed by atoms with E-state index in [1.54, 1.807) is 24.3 Å². The van der Waals surface area contributed by atoms with Crippen molar-refractivity contribution in [2.24, 2.45) is 0 Å². The number of sulfonamides is 1. The third-order valence-corrected chi connectivity index (χ3v) is 5.23. The minimum Gasteiger partial charge on any atom is -0.376 e. The van der Waals surface area contributed by atoms with E-state index in [-0.39, 0.29) is 11.9 Å². The number of nitriles is 1. The Morgan fingerprint density at radius 2 is 2.20 bits per heavy atom. The smallest absolute Gasteiger partial charge is 0.216 e. The summed E-state index contributed by atoms with van der Waals surface area (Å²) in [6, 6.07) is 8.74. The fourth-order valence-corrected chi connectivity index (χ4v) is 4.03. The van der Waals surface area contributed by atoms with Gasteiger partial charge in [0, 0.05) is 6.61 Å². The molecule has 2 atom stereocenters. The summed E-state index contributed by atoms with van der Waals surface area (Å²) >= 11 is 0. The summed E-state index contributed by atoms with van der Waals surface area (Å²) in [4.78, 5) is 0. The van der Waals surface area contributed by atoms with Gasteiger partial charge in [0.1, 0.15) is 0 Å². The number of benzene rings is 1. The SMILES string of the molecule is CC1OCCC1(C)NS(=O)(=O)Cc1ccccc1C#N. The number of nitrogens with one attached hydrogen (secondary N) is 1. The van der Waals surface area contributed by atoms with Crippen LogP contribution in [0.4, 0.5) is 0 Å². The van der Waals surface area contributed by atoms with Gasteiger partial charge in [-0.05, 0) is 31.9 Å². The third kappa shape index (κ3) is 3.18. The summed E-state index contributed by atoms with van der Waals surface area (Å²) < 4.78 is 32.7. The second kappa shape index (κ2) is 5.52. The summed E-state index contributed by atoms with van der Waals surface area (Å²) in [6.45, 7) is 4.26. The first-order valence-corrected chi connectivity index (χ1v) is 8.13. The highest BCUT2D eigenvalue weighted by Crippen LogP contribution is 2.26. The Bertz CT molecular complexity index is 636. The van der Waals surface area contributed by atoms with Crippen molar-refractivity contribution >= 4 is 10.0 Å². The Labute approximate surface area is 119 Å². The van der Waals surface area contributed by atoms with Gasteiger partial charge in [0.05, 0.1) is 29.0 Å². The molecule has 0 amide bonds. The molecule has 2 unspecified atom stereocenters. The largest absolute Gasteiger partial charge is 0.376 e. The fourth-order valence-electron chi connectivity index (χ4n) is 2.32. The van der Waals surface area contributed by atoms with Crippen molar-refractivity contribution < 1.29 is 13.2 Å². The average Bonchev–Trinajstić information content (AvgIpc) is 2.68. The number of ether oxygens (including phenoxy) is 1. The molecule has 5 nitrogen and oxygen atoms in total. The van der Waals surface area contributed by atoms with Crippen LogP contribution in [0.15, 0.2) is 24.3 Å². The molecule has 108 valence electrons. The lowest BCUT2D eigenvalue weighted by atomic mass is 9.97. The monoisotopic (exact) mass is 294 g/mol. The van der Waals surface area contributed by atoms with Crippen molar-refractivity contribution in [1.29, 1.82) is 5.26 Å². The molecule has 0 radical (unpaired) electrons. The molecule has 1 saturated heterocycles. The summed E-state index contributed by atoms with van der Waals surface area (Å²) in [5.41, 5.74) is 0.317. The molecule has 0 bridgehead atoms. The molecule has 0 aromatic heterocycles. The van der Waals surface area contributed by atoms with Crippen LogP contribution in [0.5, 0.6) is 0 Å². The van der Waals surface area contributed by atoms with Crippen LogP contribution in [0.1, 0.15) is 31.4 Å². The summed E-state index contributed by atoms with van der Waals surface area (Å²) in [7, 11) is -3.52. The molecule has 0 spiro atoms. The molecule has 0 aliphatic carbocycles. The average molecular weight is 294 g/mol. The molecule has 1 aliphatic rings. The number of hydrogen-bond acceptors (Lipinski definition) is 4. The van der Waals surface area contributed by atoms with E-state index in [4.69, 9.17) is 10.00 Å². The fraction of sp³-hybridized carbons (Fsp3) is 0.500. The first kappa shape index (κ1) is 15.0. The van der Waals surface area contributed by atoms with E-state index in [0.717, 1.165) is 0 Å². The lowest BCUT2D eigenvalue weighted by molar-refractivity contribution is 0.0957. The van der Waals surface area contributed by atoms with Gasteiger partial charge < -0.3 is 4.74 Å². The Balaban J connectivity index is 2.18. The molecule has 1 heterocycles. The van der Waals surface area contributed by atoms with Crippen molar-refractivity contribution in [2.75, 3.05) is 6.61 Å². The minimum atomic E-state index is -3.52. The topological polar surface area (TPSA) is 79.2 Å². The van der Waals surface area contributed by atoms with Gasteiger partial charge in [0.2, 0.25) is 10.0 Å². The highest BCUT2D eigenvalue weighted by atomic mass is 32.2. The van der Waals surface area contributed by atoms with Crippen molar-refractivity contribution in [3.05, 3.63) is 35.4 Å². The molecule has 1 aliphatic heterocycles. The predicted molar refractivity (Wildman–Crippen MR) is 75.4 cm³/mol. The maximum atomic E-state index is 12.3. The predicted octanol–water partition coefficient (Wildman–Crippen LogP) is 1.55. The van der Waals surface area contributed by atoms with E-state index >= 15 is 0 Å². The molecule has 2 rings (SSSR count). The van der Waals surface area contributed by atoms with Gasteiger partial charge in [-0.1, -0.05) is 18.2 Å². The quantitative estimate of drug-likeness (QED) is 0.913. The van der Waals surface area contributed by atoms with Crippen molar-refractivity contribution in [1.82, 2.24) is 4.72 Å². The zero-order chi connectivity index (χ0) is 14.8. The highest BCUT2D eigenvalue weighted by Gasteiger charge is 2.40. The number of rotatable bonds is 4. The van der Waals surface area contributed by atoms with Gasteiger partial charge in [-0.3, -0.25) is 0 Å². The van der Waals surface area contributed by atoms with Crippen molar-refractivity contribution in [3.63, 3.8) is 0 Å². The summed E-state index contributed by atoms with van der Waals surface area (Å²) in [6.07, 6.45) is 0.483. The molecule has 0 saturated carbocycles. The van der Waals surface area contributed by atoms with Crippen LogP contribution in [-0.2, 0) is 20.5 Å². The van der Waals surface area contributed by atoms with Gasteiger partial charge in [0.15, 0.2) is 0 Å². The highest BCUT2D eigenvalue weighted by molar-refractivity contribution is 7.88. The zero-order valence-corrected chi connectivity index (χ0v) is 12.4. The van der Waals surface area contributed by atoms with E-state index in [2.05, 4.69) is 4.72 Å². The van der Waals surface area contributed by atoms with E-state index in [0.29, 0.717) is 24.2 Å². The number of nitrogens with zero attached hydrogens (tertiary/aromatic N) is 1. The number of hydrogen-bond donors (Lipinski definition) is 1. The van der Waals surface area contributed by atoms with Crippen molar-refractivity contribution in [2.45, 2.75) is 37.7 Å². The lowest BCUT2D eigenvalue weighted by Gasteiger charge is -2.28. The molecule has 20 heavy (non-hydrogen) atoms. The van der Waals surface area contributed by atoms with E-state index in [9.17, 15) is 8.42 Å². The van der Waals surface area contributed by atoms with Crippen LogP contribution >= 0.6 is 0 Å². The first-order chi connectivity index (χ1) is 9.36. The Hall–Kier alpha value is -1.42. The summed E-state index contributed by atoms with van der Waals surface area (Å²) in [5.74, 6) is -0.195. The van der Waals surface area contributed by atoms with Gasteiger partial charge >= 0.3 is 0 Å². The third-order valence-electron chi connectivity index (χ3n) is 3.76. The van der Waals surface area contributed by atoms with E-state index in [1.807, 2.05) is 19.9 Å². The van der Waals surface area contributed by atoms with Crippen LogP contribution < -0.4 is 4.72 Å². The van der Waals surface area contributed by atoms with Gasteiger partial charge in [-0.2, -0.15) is 5.26 Å². The summed E-state index contributed by atoms with van der Waals surface area (Å²) in [5, 5.41) is 9.01. The molecule has 1 fully saturated rings. The second-order valence-electron chi connectivity index (χ2n) is 5.31. The molecular weight excluding hydrogens is 276 g/mol. The Kier molecular flexibility index (Phi) is 4.14. The zero-order valence-electron chi connectivity index (χ0n) is 11.6. The van der Waals surface area contributed by atoms with Crippen LogP contribution in [-0.4, -0.2) is 26.7 Å². The molecule has 1 N–H and O–H groups in total. The van der Waals surface area contributed by atoms with Crippen LogP contribution in [0, 0.1) is 11.3 Å². The van der Waals surface area contributed by atoms with Crippen molar-refractivity contribution in [3.8, 4) is 6.07 Å². The molecule has 6 heteroatoms. The second-order valence-corrected chi connectivity index (χ2v) is 7.03. The van der Waals surface area contributed by atoms with Gasteiger partial charge in [0.25, 0.3) is 0 Å². The molecule has 1 aromatic rings. The van der Waals surface area contributed by atoms with E-state index < -0.39 is 15.6 Å². The van der Waals surface area contributed by atoms with Crippen LogP contribution in [0.3, 0.4) is 0 Å². The Morgan fingerprint density at radius 1 is 1.50 bits per heavy atom. The standard InChI is InChI=1S/C14H18N2O3S/c1-11-14(2,7-8-19-11)16-20(17,18)10-13-6-4-3-5-12(13)9-15/h3-6,11,16H,7-8,10H2,1-2H3. The Morgan fingerprint density at radius 3 is 2.80 bits per heavy atom.